The van der Waals surface area contributed by atoms with Crippen molar-refractivity contribution in [2.45, 2.75) is 19.6 Å². The van der Waals surface area contributed by atoms with Crippen molar-refractivity contribution in [2.75, 3.05) is 12.4 Å². The molecule has 1 aromatic carbocycles. The second-order valence-electron chi connectivity index (χ2n) is 5.45. The fourth-order valence-corrected chi connectivity index (χ4v) is 2.17. The maximum absolute atomic E-state index is 12.7. The van der Waals surface area contributed by atoms with Gasteiger partial charge < -0.3 is 14.6 Å². The number of aromatic nitrogens is 1. The van der Waals surface area contributed by atoms with E-state index in [1.54, 1.807) is 13.0 Å². The number of benzene rings is 1. The number of anilines is 1. The standard InChI is InChI=1S/C17H15F3N2O4/c1-10-3-4-11(16(25)26-2)7-13(10)21-14(23)9-22-8-12(17(18,19)20)5-6-15(22)24/h3-8H,9H2,1-2H3,(H,21,23). The lowest BCUT2D eigenvalue weighted by molar-refractivity contribution is -0.138. The van der Waals surface area contributed by atoms with Gasteiger partial charge in [-0.3, -0.25) is 9.59 Å². The Morgan fingerprint density at radius 1 is 1.19 bits per heavy atom. The fraction of sp³-hybridized carbons (Fsp3) is 0.235. The van der Waals surface area contributed by atoms with Crippen LogP contribution in [0.5, 0.6) is 0 Å². The zero-order chi connectivity index (χ0) is 19.5. The maximum Gasteiger partial charge on any atom is 0.417 e. The highest BCUT2D eigenvalue weighted by Gasteiger charge is 2.31. The van der Waals surface area contributed by atoms with Crippen molar-refractivity contribution in [3.63, 3.8) is 0 Å². The molecule has 0 unspecified atom stereocenters. The first kappa shape index (κ1) is 19.2. The first-order chi connectivity index (χ1) is 12.1. The Morgan fingerprint density at radius 2 is 1.88 bits per heavy atom. The SMILES string of the molecule is COC(=O)c1ccc(C)c(NC(=O)Cn2cc(C(F)(F)F)ccc2=O)c1. The number of carbonyl (C=O) groups is 2. The molecule has 0 radical (unpaired) electrons. The third-order valence-electron chi connectivity index (χ3n) is 3.56. The predicted octanol–water partition coefficient (Wildman–Crippen LogP) is 2.60. The van der Waals surface area contributed by atoms with Crippen molar-refractivity contribution in [3.8, 4) is 0 Å². The maximum atomic E-state index is 12.7. The van der Waals surface area contributed by atoms with Gasteiger partial charge in [-0.05, 0) is 30.7 Å². The van der Waals surface area contributed by atoms with E-state index in [4.69, 9.17) is 0 Å². The van der Waals surface area contributed by atoms with Crippen molar-refractivity contribution >= 4 is 17.6 Å². The number of ether oxygens (including phenoxy) is 1. The predicted molar refractivity (Wildman–Crippen MR) is 86.9 cm³/mol. The Bertz CT molecular complexity index is 904. The third-order valence-corrected chi connectivity index (χ3v) is 3.56. The van der Waals surface area contributed by atoms with E-state index in [2.05, 4.69) is 10.1 Å². The second kappa shape index (κ2) is 7.42. The van der Waals surface area contributed by atoms with Gasteiger partial charge in [-0.25, -0.2) is 4.79 Å². The van der Waals surface area contributed by atoms with E-state index in [-0.39, 0.29) is 11.3 Å². The molecule has 26 heavy (non-hydrogen) atoms. The number of aryl methyl sites for hydroxylation is 1. The molecule has 2 rings (SSSR count). The van der Waals surface area contributed by atoms with Crippen LogP contribution in [-0.2, 0) is 22.3 Å². The van der Waals surface area contributed by atoms with Crippen molar-refractivity contribution < 1.29 is 27.5 Å². The Kier molecular flexibility index (Phi) is 5.49. The summed E-state index contributed by atoms with van der Waals surface area (Å²) in [5.74, 6) is -1.31. The zero-order valence-electron chi connectivity index (χ0n) is 13.9. The fourth-order valence-electron chi connectivity index (χ4n) is 2.17. The molecule has 0 aliphatic heterocycles. The summed E-state index contributed by atoms with van der Waals surface area (Å²) >= 11 is 0. The Morgan fingerprint density at radius 3 is 2.50 bits per heavy atom. The summed E-state index contributed by atoms with van der Waals surface area (Å²) in [5.41, 5.74) is -0.660. The van der Waals surface area contributed by atoms with Gasteiger partial charge in [0, 0.05) is 18.0 Å². The van der Waals surface area contributed by atoms with Crippen LogP contribution >= 0.6 is 0 Å². The summed E-state index contributed by atoms with van der Waals surface area (Å²) in [4.78, 5) is 35.4. The molecule has 0 atom stereocenters. The number of alkyl halides is 3. The van der Waals surface area contributed by atoms with Crippen LogP contribution in [0.1, 0.15) is 21.5 Å². The van der Waals surface area contributed by atoms with E-state index >= 15 is 0 Å². The van der Waals surface area contributed by atoms with E-state index in [1.165, 1.54) is 19.2 Å². The first-order valence-corrected chi connectivity index (χ1v) is 7.38. The molecule has 1 aromatic heterocycles. The van der Waals surface area contributed by atoms with Gasteiger partial charge in [-0.2, -0.15) is 13.2 Å². The normalized spacial score (nSPS) is 11.1. The summed E-state index contributed by atoms with van der Waals surface area (Å²) in [5, 5.41) is 2.48. The molecule has 0 bridgehead atoms. The van der Waals surface area contributed by atoms with Crippen molar-refractivity contribution in [2.24, 2.45) is 0 Å². The van der Waals surface area contributed by atoms with E-state index in [9.17, 15) is 27.6 Å². The van der Waals surface area contributed by atoms with E-state index in [0.717, 1.165) is 6.07 Å². The average Bonchev–Trinajstić information content (AvgIpc) is 2.57. The molecule has 6 nitrogen and oxygen atoms in total. The minimum Gasteiger partial charge on any atom is -0.465 e. The number of rotatable bonds is 4. The molecule has 0 aliphatic carbocycles. The number of pyridine rings is 1. The van der Waals surface area contributed by atoms with Crippen molar-refractivity contribution in [3.05, 3.63) is 63.6 Å². The van der Waals surface area contributed by atoms with Gasteiger partial charge in [0.2, 0.25) is 5.91 Å². The third kappa shape index (κ3) is 4.50. The molecule has 0 fully saturated rings. The largest absolute Gasteiger partial charge is 0.465 e. The summed E-state index contributed by atoms with van der Waals surface area (Å²) in [6.07, 6.45) is -4.04. The number of carbonyl (C=O) groups excluding carboxylic acids is 2. The lowest BCUT2D eigenvalue weighted by Gasteiger charge is -2.12. The average molecular weight is 368 g/mol. The number of hydrogen-bond acceptors (Lipinski definition) is 4. The molecule has 0 spiro atoms. The minimum atomic E-state index is -4.63. The van der Waals surface area contributed by atoms with Crippen LogP contribution in [-0.4, -0.2) is 23.6 Å². The topological polar surface area (TPSA) is 77.4 Å². The summed E-state index contributed by atoms with van der Waals surface area (Å²) < 4.78 is 43.4. The zero-order valence-corrected chi connectivity index (χ0v) is 13.9. The quantitative estimate of drug-likeness (QED) is 0.842. The van der Waals surface area contributed by atoms with Crippen LogP contribution in [0.25, 0.3) is 0 Å². The number of nitrogens with one attached hydrogen (secondary N) is 1. The smallest absolute Gasteiger partial charge is 0.417 e. The van der Waals surface area contributed by atoms with E-state index in [0.29, 0.717) is 22.4 Å². The molecule has 1 amide bonds. The summed E-state index contributed by atoms with van der Waals surface area (Å²) in [6.45, 7) is 1.07. The van der Waals surface area contributed by atoms with Crippen molar-refractivity contribution in [1.29, 1.82) is 0 Å². The van der Waals surface area contributed by atoms with Crippen LogP contribution in [0.3, 0.4) is 0 Å². The van der Waals surface area contributed by atoms with Gasteiger partial charge in [0.25, 0.3) is 5.56 Å². The number of hydrogen-bond donors (Lipinski definition) is 1. The number of amides is 1. The lowest BCUT2D eigenvalue weighted by atomic mass is 10.1. The van der Waals surface area contributed by atoms with Crippen LogP contribution in [0.4, 0.5) is 18.9 Å². The molecule has 138 valence electrons. The Labute approximate surface area is 146 Å². The van der Waals surface area contributed by atoms with Crippen LogP contribution in [0, 0.1) is 6.92 Å². The Hall–Kier alpha value is -3.10. The van der Waals surface area contributed by atoms with Crippen LogP contribution in [0.2, 0.25) is 0 Å². The molecule has 2 aromatic rings. The first-order valence-electron chi connectivity index (χ1n) is 7.38. The molecule has 0 saturated heterocycles. The van der Waals surface area contributed by atoms with Gasteiger partial charge in [0.1, 0.15) is 6.54 Å². The van der Waals surface area contributed by atoms with Gasteiger partial charge >= 0.3 is 12.1 Å². The second-order valence-corrected chi connectivity index (χ2v) is 5.45. The highest BCUT2D eigenvalue weighted by molar-refractivity contribution is 5.95. The Balaban J connectivity index is 2.22. The number of esters is 1. The molecule has 0 aliphatic rings. The van der Waals surface area contributed by atoms with Crippen LogP contribution < -0.4 is 10.9 Å². The van der Waals surface area contributed by atoms with E-state index < -0.39 is 35.7 Å². The van der Waals surface area contributed by atoms with Gasteiger partial charge in [0.15, 0.2) is 0 Å². The monoisotopic (exact) mass is 368 g/mol. The number of methoxy groups -OCH3 is 1. The van der Waals surface area contributed by atoms with Gasteiger partial charge in [-0.1, -0.05) is 6.07 Å². The molecule has 9 heteroatoms. The molecule has 1 heterocycles. The van der Waals surface area contributed by atoms with Crippen molar-refractivity contribution in [1.82, 2.24) is 4.57 Å². The summed E-state index contributed by atoms with van der Waals surface area (Å²) in [6, 6.07) is 5.88. The van der Waals surface area contributed by atoms with E-state index in [1.807, 2.05) is 0 Å². The number of halogens is 3. The minimum absolute atomic E-state index is 0.199. The lowest BCUT2D eigenvalue weighted by Crippen LogP contribution is -2.28. The highest BCUT2D eigenvalue weighted by Crippen LogP contribution is 2.28. The molecule has 0 saturated carbocycles. The van der Waals surface area contributed by atoms with Gasteiger partial charge in [0.05, 0.1) is 18.2 Å². The van der Waals surface area contributed by atoms with Gasteiger partial charge in [-0.15, -0.1) is 0 Å². The molecular formula is C17H15F3N2O4. The highest BCUT2D eigenvalue weighted by atomic mass is 19.4. The number of nitrogens with zero attached hydrogens (tertiary/aromatic N) is 1. The molecular weight excluding hydrogens is 353 g/mol. The summed E-state index contributed by atoms with van der Waals surface area (Å²) in [7, 11) is 1.21. The van der Waals surface area contributed by atoms with Crippen LogP contribution in [0.15, 0.2) is 41.3 Å². The molecule has 1 N–H and O–H groups in total.